The molecule has 28 heavy (non-hydrogen) atoms. The molecule has 0 unspecified atom stereocenters. The predicted molar refractivity (Wildman–Crippen MR) is 117 cm³/mol. The van der Waals surface area contributed by atoms with E-state index in [0.717, 1.165) is 55.0 Å². The third-order valence-corrected chi connectivity index (χ3v) is 4.88. The molecule has 0 aliphatic carbocycles. The van der Waals surface area contributed by atoms with Crippen molar-refractivity contribution in [3.63, 3.8) is 0 Å². The van der Waals surface area contributed by atoms with Crippen LogP contribution in [0.2, 0.25) is 0 Å². The van der Waals surface area contributed by atoms with Crippen molar-refractivity contribution in [1.29, 1.82) is 0 Å². The number of hydrogen-bond donors (Lipinski definition) is 2. The van der Waals surface area contributed by atoms with Crippen molar-refractivity contribution in [2.24, 2.45) is 5.73 Å². The molecule has 4 N–H and O–H groups in total. The third kappa shape index (κ3) is 2.99. The maximum absolute atomic E-state index is 5.95. The number of aryl methyl sites for hydroxylation is 2. The lowest BCUT2D eigenvalue weighted by atomic mass is 10.0. The summed E-state index contributed by atoms with van der Waals surface area (Å²) in [7, 11) is 0. The summed E-state index contributed by atoms with van der Waals surface area (Å²) in [5.41, 5.74) is 16.3. The smallest absolute Gasteiger partial charge is 0.137 e. The van der Waals surface area contributed by atoms with Crippen LogP contribution in [0.25, 0.3) is 40.7 Å². The fraction of sp³-hybridized carbons (Fsp3) is 0.0833. The second-order valence-corrected chi connectivity index (χ2v) is 7.00. The molecular formula is C24H22N2O2. The van der Waals surface area contributed by atoms with E-state index in [1.807, 2.05) is 44.2 Å². The zero-order valence-electron chi connectivity index (χ0n) is 16.0. The summed E-state index contributed by atoms with van der Waals surface area (Å²) in [5, 5.41) is 3.92. The monoisotopic (exact) mass is 370 g/mol. The number of hydrogen-bond acceptors (Lipinski definition) is 4. The van der Waals surface area contributed by atoms with E-state index in [2.05, 4.69) is 25.3 Å². The Morgan fingerprint density at radius 3 is 2.43 bits per heavy atom. The molecule has 4 nitrogen and oxygen atoms in total. The van der Waals surface area contributed by atoms with Crippen molar-refractivity contribution < 1.29 is 8.83 Å². The minimum atomic E-state index is 0.493. The van der Waals surface area contributed by atoms with Crippen LogP contribution in [0.15, 0.2) is 57.5 Å². The van der Waals surface area contributed by atoms with Crippen LogP contribution in [-0.2, 0) is 0 Å². The van der Waals surface area contributed by atoms with Gasteiger partial charge >= 0.3 is 0 Å². The van der Waals surface area contributed by atoms with Crippen molar-refractivity contribution in [2.75, 3.05) is 5.73 Å². The molecule has 140 valence electrons. The van der Waals surface area contributed by atoms with Gasteiger partial charge in [-0.2, -0.15) is 0 Å². The van der Waals surface area contributed by atoms with Gasteiger partial charge < -0.3 is 20.3 Å². The van der Waals surface area contributed by atoms with Gasteiger partial charge in [-0.15, -0.1) is 0 Å². The fourth-order valence-corrected chi connectivity index (χ4v) is 3.48. The molecular weight excluding hydrogens is 348 g/mol. The van der Waals surface area contributed by atoms with E-state index in [0.29, 0.717) is 11.4 Å². The van der Waals surface area contributed by atoms with Crippen molar-refractivity contribution >= 4 is 46.4 Å². The van der Waals surface area contributed by atoms with E-state index in [9.17, 15) is 0 Å². The summed E-state index contributed by atoms with van der Waals surface area (Å²) in [6, 6.07) is 9.75. The van der Waals surface area contributed by atoms with Crippen LogP contribution < -0.4 is 21.9 Å². The zero-order chi connectivity index (χ0) is 20.0. The molecule has 4 aromatic rings. The van der Waals surface area contributed by atoms with Gasteiger partial charge in [-0.05, 0) is 66.8 Å². The van der Waals surface area contributed by atoms with Gasteiger partial charge in [0.15, 0.2) is 0 Å². The first kappa shape index (κ1) is 17.7. The molecule has 0 fully saturated rings. The molecule has 2 heterocycles. The van der Waals surface area contributed by atoms with E-state index in [-0.39, 0.29) is 0 Å². The van der Waals surface area contributed by atoms with Crippen LogP contribution in [0.3, 0.4) is 0 Å². The Hall–Kier alpha value is -3.66. The van der Waals surface area contributed by atoms with E-state index >= 15 is 0 Å². The van der Waals surface area contributed by atoms with Crippen molar-refractivity contribution in [3.8, 4) is 0 Å². The Morgan fingerprint density at radius 1 is 0.964 bits per heavy atom. The van der Waals surface area contributed by atoms with Gasteiger partial charge in [0.05, 0.1) is 0 Å². The Kier molecular flexibility index (Phi) is 4.12. The lowest BCUT2D eigenvalue weighted by Crippen LogP contribution is -2.22. The number of anilines is 1. The molecule has 0 spiro atoms. The van der Waals surface area contributed by atoms with Crippen LogP contribution in [-0.4, -0.2) is 0 Å². The standard InChI is InChI=1S/C24H22N2O2/c1-13-9-23-22(20-8-6-18(26)12-24(20)28-23)11-17(13)10-21-16(4)27-15(3)19(21)7-5-14(2)25/h5-12H,1-2,25-26H2,3-4H3/b7-5-,17-10-. The average molecular weight is 370 g/mol. The number of rotatable bonds is 3. The first-order chi connectivity index (χ1) is 13.3. The maximum Gasteiger partial charge on any atom is 0.137 e. The zero-order valence-corrected chi connectivity index (χ0v) is 16.0. The Labute approximate surface area is 162 Å². The van der Waals surface area contributed by atoms with E-state index in [1.54, 1.807) is 6.08 Å². The van der Waals surface area contributed by atoms with Gasteiger partial charge in [0.25, 0.3) is 0 Å². The second-order valence-electron chi connectivity index (χ2n) is 7.00. The molecule has 2 aromatic carbocycles. The Morgan fingerprint density at radius 2 is 1.68 bits per heavy atom. The van der Waals surface area contributed by atoms with Crippen molar-refractivity contribution in [3.05, 3.63) is 81.8 Å². The largest absolute Gasteiger partial charge is 0.465 e. The Balaban J connectivity index is 1.98. The summed E-state index contributed by atoms with van der Waals surface area (Å²) in [4.78, 5) is 0. The highest BCUT2D eigenvalue weighted by Crippen LogP contribution is 2.28. The van der Waals surface area contributed by atoms with Crippen LogP contribution >= 0.6 is 0 Å². The van der Waals surface area contributed by atoms with Gasteiger partial charge in [0, 0.05) is 39.4 Å². The van der Waals surface area contributed by atoms with Crippen molar-refractivity contribution in [2.45, 2.75) is 13.8 Å². The number of fused-ring (bicyclic) bond motifs is 3. The molecule has 0 saturated heterocycles. The number of benzene rings is 2. The first-order valence-corrected chi connectivity index (χ1v) is 8.98. The topological polar surface area (TPSA) is 78.3 Å². The van der Waals surface area contributed by atoms with Gasteiger partial charge in [0.1, 0.15) is 22.7 Å². The number of nitrogen functional groups attached to an aromatic ring is 1. The molecule has 4 heteroatoms. The molecule has 4 rings (SSSR count). The highest BCUT2D eigenvalue weighted by atomic mass is 16.3. The highest BCUT2D eigenvalue weighted by molar-refractivity contribution is 6.05. The summed E-state index contributed by atoms with van der Waals surface area (Å²) >= 11 is 0. The molecule has 0 aliphatic heterocycles. The van der Waals surface area contributed by atoms with Crippen molar-refractivity contribution in [1.82, 2.24) is 0 Å². The Bertz CT molecular complexity index is 1380. The van der Waals surface area contributed by atoms with E-state index < -0.39 is 0 Å². The van der Waals surface area contributed by atoms with E-state index in [4.69, 9.17) is 20.3 Å². The minimum absolute atomic E-state index is 0.493. The maximum atomic E-state index is 5.95. The fourth-order valence-electron chi connectivity index (χ4n) is 3.48. The lowest BCUT2D eigenvalue weighted by molar-refractivity contribution is 0.503. The van der Waals surface area contributed by atoms with E-state index in [1.165, 1.54) is 0 Å². The molecule has 0 saturated carbocycles. The van der Waals surface area contributed by atoms with Gasteiger partial charge in [0.2, 0.25) is 0 Å². The molecule has 0 amide bonds. The van der Waals surface area contributed by atoms with Crippen LogP contribution in [0.5, 0.6) is 0 Å². The number of allylic oxidation sites excluding steroid dienone is 1. The SMILES string of the molecule is C=C(N)/C=C\c1c(C)oc(C)c1/C=c1/cc2c(cc1=C)oc1cc(N)ccc12. The van der Waals surface area contributed by atoms with Crippen LogP contribution in [0.1, 0.15) is 22.6 Å². The predicted octanol–water partition coefficient (Wildman–Crippen LogP) is 4.10. The molecule has 0 bridgehead atoms. The summed E-state index contributed by atoms with van der Waals surface area (Å²) < 4.78 is 11.8. The minimum Gasteiger partial charge on any atom is -0.465 e. The summed E-state index contributed by atoms with van der Waals surface area (Å²) in [6.45, 7) is 11.8. The van der Waals surface area contributed by atoms with Crippen LogP contribution in [0, 0.1) is 13.8 Å². The summed E-state index contributed by atoms with van der Waals surface area (Å²) in [6.07, 6.45) is 5.79. The van der Waals surface area contributed by atoms with Gasteiger partial charge in [-0.25, -0.2) is 0 Å². The summed E-state index contributed by atoms with van der Waals surface area (Å²) in [5.74, 6) is 1.67. The first-order valence-electron chi connectivity index (χ1n) is 8.98. The molecule has 2 aromatic heterocycles. The second kappa shape index (κ2) is 6.50. The molecule has 0 atom stereocenters. The third-order valence-electron chi connectivity index (χ3n) is 4.88. The normalized spacial score (nSPS) is 12.6. The van der Waals surface area contributed by atoms with Gasteiger partial charge in [-0.1, -0.05) is 13.2 Å². The number of furan rings is 2. The lowest BCUT2D eigenvalue weighted by Gasteiger charge is -1.97. The quantitative estimate of drug-likeness (QED) is 0.420. The van der Waals surface area contributed by atoms with Gasteiger partial charge in [-0.3, -0.25) is 0 Å². The molecule has 0 radical (unpaired) electrons. The average Bonchev–Trinajstić information content (AvgIpc) is 3.09. The highest BCUT2D eigenvalue weighted by Gasteiger charge is 2.12. The van der Waals surface area contributed by atoms with Crippen LogP contribution in [0.4, 0.5) is 5.69 Å². The number of nitrogens with two attached hydrogens (primary N) is 2. The molecule has 0 aliphatic rings.